The van der Waals surface area contributed by atoms with Gasteiger partial charge < -0.3 is 10.3 Å². The highest BCUT2D eigenvalue weighted by Gasteiger charge is 2.54. The summed E-state index contributed by atoms with van der Waals surface area (Å²) in [7, 11) is 0. The molecule has 4 nitrogen and oxygen atoms in total. The number of aryl methyl sites for hydroxylation is 1. The number of hydrogen-bond donors (Lipinski definition) is 0. The fourth-order valence-corrected chi connectivity index (χ4v) is 2.90. The van der Waals surface area contributed by atoms with E-state index in [0.717, 1.165) is 21.0 Å². The molecule has 1 heterocycles. The molecule has 0 saturated heterocycles. The van der Waals surface area contributed by atoms with Crippen LogP contribution < -0.4 is 0 Å². The van der Waals surface area contributed by atoms with Gasteiger partial charge in [0.15, 0.2) is 0 Å². The fourth-order valence-electron chi connectivity index (χ4n) is 2.90. The molecule has 22 heavy (non-hydrogen) atoms. The van der Waals surface area contributed by atoms with E-state index < -0.39 is 5.66 Å². The van der Waals surface area contributed by atoms with Gasteiger partial charge in [-0.1, -0.05) is 35.9 Å². The first kappa shape index (κ1) is 14.5. The molecule has 0 N–H and O–H groups in total. The standard InChI is InChI=1S/C18H18N2O2/c1-13-9-11-16(12-10-13)18(3)19(21)14(2)17(20(18)22)15-7-5-4-6-8-15/h4-12H,1-3H3/t18-/m1/s1. The highest BCUT2D eigenvalue weighted by Crippen LogP contribution is 2.43. The predicted octanol–water partition coefficient (Wildman–Crippen LogP) is 4.15. The summed E-state index contributed by atoms with van der Waals surface area (Å²) in [6.07, 6.45) is 0. The van der Waals surface area contributed by atoms with Gasteiger partial charge in [0.25, 0.3) is 5.70 Å². The summed E-state index contributed by atoms with van der Waals surface area (Å²) in [5.74, 6) is 0. The maximum absolute atomic E-state index is 13.0. The van der Waals surface area contributed by atoms with Crippen molar-refractivity contribution in [1.29, 1.82) is 0 Å². The van der Waals surface area contributed by atoms with Gasteiger partial charge in [0.1, 0.15) is 0 Å². The molecule has 0 aromatic heterocycles. The molecule has 4 heteroatoms. The zero-order chi connectivity index (χ0) is 15.9. The van der Waals surface area contributed by atoms with Gasteiger partial charge in [0, 0.05) is 17.4 Å². The second-order valence-corrected chi connectivity index (χ2v) is 5.78. The first-order valence-electron chi connectivity index (χ1n) is 7.24. The van der Waals surface area contributed by atoms with Crippen LogP contribution in [-0.4, -0.2) is 9.82 Å². The number of benzene rings is 2. The Balaban J connectivity index is 2.11. The smallest absolute Gasteiger partial charge is 0.306 e. The van der Waals surface area contributed by atoms with Crippen molar-refractivity contribution in [2.24, 2.45) is 0 Å². The van der Waals surface area contributed by atoms with E-state index in [4.69, 9.17) is 0 Å². The number of nitrogens with zero attached hydrogens (tertiary/aromatic N) is 2. The van der Waals surface area contributed by atoms with Crippen molar-refractivity contribution in [3.05, 3.63) is 87.1 Å². The van der Waals surface area contributed by atoms with Gasteiger partial charge in [-0.05, 0) is 38.1 Å². The van der Waals surface area contributed by atoms with Crippen LogP contribution in [0.5, 0.6) is 0 Å². The van der Waals surface area contributed by atoms with Crippen molar-refractivity contribution >= 4 is 5.70 Å². The van der Waals surface area contributed by atoms with E-state index in [0.29, 0.717) is 17.0 Å². The van der Waals surface area contributed by atoms with E-state index in [1.807, 2.05) is 61.5 Å². The van der Waals surface area contributed by atoms with Crippen LogP contribution in [0.3, 0.4) is 0 Å². The van der Waals surface area contributed by atoms with Crippen molar-refractivity contribution in [2.75, 3.05) is 0 Å². The molecule has 1 atom stereocenters. The summed E-state index contributed by atoms with van der Waals surface area (Å²) < 4.78 is 0.829. The van der Waals surface area contributed by atoms with Crippen LogP contribution >= 0.6 is 0 Å². The van der Waals surface area contributed by atoms with Crippen LogP contribution in [0.25, 0.3) is 5.70 Å². The molecule has 0 radical (unpaired) electrons. The molecule has 1 aliphatic rings. The molecule has 1 aliphatic heterocycles. The van der Waals surface area contributed by atoms with Crippen LogP contribution in [-0.2, 0) is 5.66 Å². The third kappa shape index (κ3) is 1.96. The number of hydroxylamine groups is 2. The van der Waals surface area contributed by atoms with Crippen molar-refractivity contribution < 1.29 is 4.76 Å². The minimum atomic E-state index is -1.27. The Morgan fingerprint density at radius 1 is 1.00 bits per heavy atom. The second-order valence-electron chi connectivity index (χ2n) is 5.78. The molecule has 0 amide bonds. The van der Waals surface area contributed by atoms with Crippen molar-refractivity contribution in [2.45, 2.75) is 26.4 Å². The van der Waals surface area contributed by atoms with Gasteiger partial charge in [0.2, 0.25) is 0 Å². The normalized spacial score (nSPS) is 21.6. The average molecular weight is 294 g/mol. The minimum absolute atomic E-state index is 0.429. The van der Waals surface area contributed by atoms with Gasteiger partial charge in [-0.25, -0.2) is 0 Å². The average Bonchev–Trinajstić information content (AvgIpc) is 2.71. The van der Waals surface area contributed by atoms with Crippen LogP contribution in [0.15, 0.2) is 60.3 Å². The third-order valence-electron chi connectivity index (χ3n) is 4.29. The Morgan fingerprint density at radius 2 is 1.59 bits per heavy atom. The lowest BCUT2D eigenvalue weighted by molar-refractivity contribution is -0.565. The molecule has 0 spiro atoms. The third-order valence-corrected chi connectivity index (χ3v) is 4.29. The zero-order valence-corrected chi connectivity index (χ0v) is 12.9. The molecule has 112 valence electrons. The van der Waals surface area contributed by atoms with E-state index >= 15 is 0 Å². The van der Waals surface area contributed by atoms with Crippen LogP contribution in [0.2, 0.25) is 0 Å². The van der Waals surface area contributed by atoms with Gasteiger partial charge in [-0.3, -0.25) is 0 Å². The summed E-state index contributed by atoms with van der Waals surface area (Å²) in [6, 6.07) is 16.8. The highest BCUT2D eigenvalue weighted by molar-refractivity contribution is 5.63. The molecule has 2 aromatic carbocycles. The van der Waals surface area contributed by atoms with Crippen LogP contribution in [0.1, 0.15) is 30.5 Å². The Morgan fingerprint density at radius 3 is 2.18 bits per heavy atom. The molecule has 0 fully saturated rings. The molecular formula is C18H18N2O2. The summed E-state index contributed by atoms with van der Waals surface area (Å²) in [5, 5.41) is 13.5. The summed E-state index contributed by atoms with van der Waals surface area (Å²) in [5.41, 5.74) is 2.12. The molecule has 0 saturated carbocycles. The Hall–Kier alpha value is -2.46. The van der Waals surface area contributed by atoms with E-state index in [1.54, 1.807) is 13.8 Å². The fraction of sp³-hybridized carbons (Fsp3) is 0.222. The van der Waals surface area contributed by atoms with Crippen molar-refractivity contribution in [3.8, 4) is 0 Å². The van der Waals surface area contributed by atoms with Crippen molar-refractivity contribution in [3.63, 3.8) is 0 Å². The summed E-state index contributed by atoms with van der Waals surface area (Å²) in [4.78, 5) is 13.0. The Labute approximate surface area is 129 Å². The van der Waals surface area contributed by atoms with Gasteiger partial charge >= 0.3 is 5.66 Å². The molecule has 0 aliphatic carbocycles. The van der Waals surface area contributed by atoms with Crippen LogP contribution in [0, 0.1) is 17.0 Å². The van der Waals surface area contributed by atoms with Gasteiger partial charge in [-0.2, -0.15) is 0 Å². The Kier molecular flexibility index (Phi) is 3.34. The molecule has 2 aromatic rings. The number of hydrogen-bond acceptors (Lipinski definition) is 3. The number of nitroso groups, excluding NO2 is 1. The maximum atomic E-state index is 13.0. The van der Waals surface area contributed by atoms with Crippen LogP contribution in [0.4, 0.5) is 0 Å². The molecule has 0 unspecified atom stereocenters. The van der Waals surface area contributed by atoms with E-state index in [9.17, 15) is 10.1 Å². The highest BCUT2D eigenvalue weighted by atomic mass is 16.5. The first-order chi connectivity index (χ1) is 10.5. The molecule has 0 bridgehead atoms. The Bertz CT molecular complexity index is 750. The summed E-state index contributed by atoms with van der Waals surface area (Å²) >= 11 is 0. The number of rotatable bonds is 2. The monoisotopic (exact) mass is 294 g/mol. The molecule has 3 rings (SSSR count). The largest absolute Gasteiger partial charge is 0.753 e. The minimum Gasteiger partial charge on any atom is -0.753 e. The zero-order valence-electron chi connectivity index (χ0n) is 12.9. The number of allylic oxidation sites excluding steroid dienone is 1. The first-order valence-corrected chi connectivity index (χ1v) is 7.24. The lowest BCUT2D eigenvalue weighted by atomic mass is 10.00. The maximum Gasteiger partial charge on any atom is 0.306 e. The topological polar surface area (TPSA) is 46.4 Å². The summed E-state index contributed by atoms with van der Waals surface area (Å²) in [6.45, 7) is 5.33. The lowest BCUT2D eigenvalue weighted by Gasteiger charge is -2.35. The van der Waals surface area contributed by atoms with E-state index in [2.05, 4.69) is 0 Å². The predicted molar refractivity (Wildman–Crippen MR) is 86.4 cm³/mol. The van der Waals surface area contributed by atoms with Gasteiger partial charge in [-0.15, -0.1) is 0 Å². The lowest BCUT2D eigenvalue weighted by Crippen LogP contribution is -2.41. The van der Waals surface area contributed by atoms with E-state index in [-0.39, 0.29) is 0 Å². The van der Waals surface area contributed by atoms with Crippen molar-refractivity contribution in [1.82, 2.24) is 5.06 Å². The quantitative estimate of drug-likeness (QED) is 0.782. The van der Waals surface area contributed by atoms with Gasteiger partial charge in [0.05, 0.1) is 16.0 Å². The second kappa shape index (κ2) is 5.07. The molecular weight excluding hydrogens is 276 g/mol. The SMILES string of the molecule is CC1=C(c2ccccc2)[N+](=O)[C@](C)(c2ccc(C)cc2)N1[O-]. The van der Waals surface area contributed by atoms with E-state index in [1.165, 1.54) is 0 Å².